The van der Waals surface area contributed by atoms with Crippen molar-refractivity contribution in [1.29, 1.82) is 0 Å². The molecule has 2 amide bonds. The minimum atomic E-state index is -0.559. The lowest BCUT2D eigenvalue weighted by Crippen LogP contribution is -2.57. The number of benzene rings is 1. The summed E-state index contributed by atoms with van der Waals surface area (Å²) in [5, 5.41) is 5.45. The average molecular weight is 218 g/mol. The highest BCUT2D eigenvalue weighted by Gasteiger charge is 2.33. The minimum Gasteiger partial charge on any atom is -0.342 e. The SMILES string of the molecule is CC[C@H]1NC(=O)[C@H](c2ccccc2)NC1=O. The number of hydrogen-bond donors (Lipinski definition) is 2. The molecule has 1 aliphatic heterocycles. The van der Waals surface area contributed by atoms with Crippen LogP contribution in [0, 0.1) is 0 Å². The molecule has 1 aliphatic rings. The Morgan fingerprint density at radius 2 is 1.75 bits per heavy atom. The fourth-order valence-corrected chi connectivity index (χ4v) is 1.80. The van der Waals surface area contributed by atoms with Crippen molar-refractivity contribution in [1.82, 2.24) is 10.6 Å². The van der Waals surface area contributed by atoms with Crippen molar-refractivity contribution in [3.8, 4) is 0 Å². The molecule has 0 spiro atoms. The molecule has 16 heavy (non-hydrogen) atoms. The van der Waals surface area contributed by atoms with E-state index in [0.29, 0.717) is 6.42 Å². The molecule has 2 rings (SSSR count). The molecule has 2 N–H and O–H groups in total. The zero-order valence-corrected chi connectivity index (χ0v) is 9.07. The molecule has 1 saturated heterocycles. The van der Waals surface area contributed by atoms with E-state index < -0.39 is 12.1 Å². The first kappa shape index (κ1) is 10.7. The van der Waals surface area contributed by atoms with Gasteiger partial charge in [0.05, 0.1) is 0 Å². The van der Waals surface area contributed by atoms with Crippen molar-refractivity contribution in [2.75, 3.05) is 0 Å². The van der Waals surface area contributed by atoms with Gasteiger partial charge in [0.1, 0.15) is 12.1 Å². The molecule has 0 saturated carbocycles. The zero-order chi connectivity index (χ0) is 11.5. The lowest BCUT2D eigenvalue weighted by molar-refractivity contribution is -0.137. The van der Waals surface area contributed by atoms with Crippen LogP contribution in [0.25, 0.3) is 0 Å². The first-order chi connectivity index (χ1) is 7.72. The van der Waals surface area contributed by atoms with Crippen LogP contribution < -0.4 is 10.6 Å². The van der Waals surface area contributed by atoms with Gasteiger partial charge in [-0.15, -0.1) is 0 Å². The lowest BCUT2D eigenvalue weighted by Gasteiger charge is -2.29. The minimum absolute atomic E-state index is 0.115. The highest BCUT2D eigenvalue weighted by molar-refractivity contribution is 5.97. The molecule has 0 aromatic heterocycles. The van der Waals surface area contributed by atoms with Gasteiger partial charge in [-0.3, -0.25) is 9.59 Å². The Labute approximate surface area is 94.0 Å². The summed E-state index contributed by atoms with van der Waals surface area (Å²) < 4.78 is 0. The summed E-state index contributed by atoms with van der Waals surface area (Å²) in [7, 11) is 0. The number of rotatable bonds is 2. The van der Waals surface area contributed by atoms with Crippen LogP contribution >= 0.6 is 0 Å². The summed E-state index contributed by atoms with van der Waals surface area (Å²) in [6.07, 6.45) is 0.610. The van der Waals surface area contributed by atoms with Crippen molar-refractivity contribution < 1.29 is 9.59 Å². The maximum Gasteiger partial charge on any atom is 0.247 e. The quantitative estimate of drug-likeness (QED) is 0.769. The highest BCUT2D eigenvalue weighted by Crippen LogP contribution is 2.16. The Morgan fingerprint density at radius 3 is 2.38 bits per heavy atom. The molecule has 0 aliphatic carbocycles. The van der Waals surface area contributed by atoms with Crippen molar-refractivity contribution in [3.05, 3.63) is 35.9 Å². The summed E-state index contributed by atoms with van der Waals surface area (Å²) >= 11 is 0. The summed E-state index contributed by atoms with van der Waals surface area (Å²) in [5.41, 5.74) is 0.808. The van der Waals surface area contributed by atoms with Crippen molar-refractivity contribution in [2.45, 2.75) is 25.4 Å². The number of carbonyl (C=O) groups is 2. The third-order valence-corrected chi connectivity index (χ3v) is 2.72. The Hall–Kier alpha value is -1.84. The van der Waals surface area contributed by atoms with Crippen molar-refractivity contribution in [2.24, 2.45) is 0 Å². The fourth-order valence-electron chi connectivity index (χ4n) is 1.80. The van der Waals surface area contributed by atoms with Gasteiger partial charge in [-0.1, -0.05) is 37.3 Å². The van der Waals surface area contributed by atoms with Gasteiger partial charge in [0.25, 0.3) is 0 Å². The van der Waals surface area contributed by atoms with Gasteiger partial charge in [-0.25, -0.2) is 0 Å². The van der Waals surface area contributed by atoms with Crippen LogP contribution in [0.4, 0.5) is 0 Å². The number of amides is 2. The number of carbonyl (C=O) groups excluding carboxylic acids is 2. The predicted molar refractivity (Wildman–Crippen MR) is 59.5 cm³/mol. The van der Waals surface area contributed by atoms with Gasteiger partial charge in [0.15, 0.2) is 0 Å². The van der Waals surface area contributed by atoms with E-state index in [1.54, 1.807) is 0 Å². The maximum atomic E-state index is 11.8. The van der Waals surface area contributed by atoms with E-state index in [2.05, 4.69) is 10.6 Å². The zero-order valence-electron chi connectivity index (χ0n) is 9.07. The molecule has 4 heteroatoms. The Balaban J connectivity index is 2.19. The number of piperazine rings is 1. The topological polar surface area (TPSA) is 58.2 Å². The molecule has 0 unspecified atom stereocenters. The molecule has 0 bridgehead atoms. The second kappa shape index (κ2) is 4.35. The molecular weight excluding hydrogens is 204 g/mol. The maximum absolute atomic E-state index is 11.8. The molecule has 2 atom stereocenters. The molecule has 1 aromatic carbocycles. The molecule has 1 fully saturated rings. The van der Waals surface area contributed by atoms with Crippen LogP contribution in [0.5, 0.6) is 0 Å². The van der Waals surface area contributed by atoms with E-state index in [0.717, 1.165) is 5.56 Å². The molecule has 0 radical (unpaired) electrons. The molecule has 1 aromatic rings. The Bertz CT molecular complexity index is 403. The van der Waals surface area contributed by atoms with Gasteiger partial charge < -0.3 is 10.6 Å². The molecular formula is C12H14N2O2. The predicted octanol–water partition coefficient (Wildman–Crippen LogP) is 0.752. The van der Waals surface area contributed by atoms with Gasteiger partial charge in [-0.05, 0) is 12.0 Å². The standard InChI is InChI=1S/C12H14N2O2/c1-2-9-11(15)14-10(12(16)13-9)8-6-4-3-5-7-8/h3-7,9-10H,2H2,1H3,(H,13,16)(H,14,15)/t9-,10+/m1/s1. The monoisotopic (exact) mass is 218 g/mol. The lowest BCUT2D eigenvalue weighted by atomic mass is 10.0. The molecule has 4 nitrogen and oxygen atoms in total. The van der Waals surface area contributed by atoms with Crippen molar-refractivity contribution in [3.63, 3.8) is 0 Å². The van der Waals surface area contributed by atoms with Gasteiger partial charge >= 0.3 is 0 Å². The highest BCUT2D eigenvalue weighted by atomic mass is 16.2. The first-order valence-electron chi connectivity index (χ1n) is 5.38. The third kappa shape index (κ3) is 1.91. The molecule has 84 valence electrons. The average Bonchev–Trinajstić information content (AvgIpc) is 2.32. The van der Waals surface area contributed by atoms with Crippen LogP contribution in [0.2, 0.25) is 0 Å². The summed E-state index contributed by atoms with van der Waals surface area (Å²) in [6, 6.07) is 8.28. The van der Waals surface area contributed by atoms with Crippen LogP contribution in [0.3, 0.4) is 0 Å². The Kier molecular flexibility index (Phi) is 2.90. The summed E-state index contributed by atoms with van der Waals surface area (Å²) in [6.45, 7) is 1.87. The van der Waals surface area contributed by atoms with E-state index in [9.17, 15) is 9.59 Å². The van der Waals surface area contributed by atoms with Crippen LogP contribution in [-0.2, 0) is 9.59 Å². The smallest absolute Gasteiger partial charge is 0.247 e. The second-order valence-electron chi connectivity index (χ2n) is 3.82. The van der Waals surface area contributed by atoms with E-state index in [1.165, 1.54) is 0 Å². The molecule has 1 heterocycles. The number of nitrogens with one attached hydrogen (secondary N) is 2. The van der Waals surface area contributed by atoms with Crippen LogP contribution in [0.1, 0.15) is 24.9 Å². The van der Waals surface area contributed by atoms with E-state index in [-0.39, 0.29) is 11.8 Å². The van der Waals surface area contributed by atoms with E-state index in [1.807, 2.05) is 37.3 Å². The summed E-state index contributed by atoms with van der Waals surface area (Å²) in [5.74, 6) is -0.256. The van der Waals surface area contributed by atoms with Crippen LogP contribution in [-0.4, -0.2) is 17.9 Å². The third-order valence-electron chi connectivity index (χ3n) is 2.72. The van der Waals surface area contributed by atoms with E-state index >= 15 is 0 Å². The van der Waals surface area contributed by atoms with Gasteiger partial charge in [-0.2, -0.15) is 0 Å². The number of hydrogen-bond acceptors (Lipinski definition) is 2. The normalized spacial score (nSPS) is 24.8. The fraction of sp³-hybridized carbons (Fsp3) is 0.333. The van der Waals surface area contributed by atoms with Crippen LogP contribution in [0.15, 0.2) is 30.3 Å². The van der Waals surface area contributed by atoms with Gasteiger partial charge in [0, 0.05) is 0 Å². The summed E-state index contributed by atoms with van der Waals surface area (Å²) in [4.78, 5) is 23.4. The van der Waals surface area contributed by atoms with E-state index in [4.69, 9.17) is 0 Å². The second-order valence-corrected chi connectivity index (χ2v) is 3.82. The largest absolute Gasteiger partial charge is 0.342 e. The van der Waals surface area contributed by atoms with Gasteiger partial charge in [0.2, 0.25) is 11.8 Å². The Morgan fingerprint density at radius 1 is 1.06 bits per heavy atom. The van der Waals surface area contributed by atoms with Crippen molar-refractivity contribution >= 4 is 11.8 Å². The first-order valence-corrected chi connectivity index (χ1v) is 5.38.